The van der Waals surface area contributed by atoms with Gasteiger partial charge in [-0.05, 0) is 61.7 Å². The summed E-state index contributed by atoms with van der Waals surface area (Å²) in [5, 5.41) is 3.32. The van der Waals surface area contributed by atoms with Crippen molar-refractivity contribution in [3.05, 3.63) is 59.1 Å². The lowest BCUT2D eigenvalue weighted by molar-refractivity contribution is -0.111. The van der Waals surface area contributed by atoms with Gasteiger partial charge < -0.3 is 10.1 Å². The van der Waals surface area contributed by atoms with Gasteiger partial charge in [0.05, 0.1) is 6.61 Å². The van der Waals surface area contributed by atoms with Crippen LogP contribution in [0.2, 0.25) is 5.02 Å². The van der Waals surface area contributed by atoms with Crippen molar-refractivity contribution in [2.45, 2.75) is 24.7 Å². The maximum atomic E-state index is 13.0. The Hall–Kier alpha value is -2.35. The highest BCUT2D eigenvalue weighted by Gasteiger charge is 2.30. The molecule has 0 aliphatic carbocycles. The molecule has 1 heterocycles. The van der Waals surface area contributed by atoms with Gasteiger partial charge in [-0.3, -0.25) is 4.79 Å². The van der Waals surface area contributed by atoms with Crippen LogP contribution in [0.25, 0.3) is 6.08 Å². The molecule has 2 aromatic rings. The maximum Gasteiger partial charge on any atom is 0.248 e. The lowest BCUT2D eigenvalue weighted by Gasteiger charge is -2.19. The number of hydrogen-bond acceptors (Lipinski definition) is 4. The van der Waals surface area contributed by atoms with Crippen LogP contribution in [0.3, 0.4) is 0 Å². The minimum absolute atomic E-state index is 0.0701. The fourth-order valence-electron chi connectivity index (χ4n) is 3.06. The molecule has 1 aliphatic heterocycles. The quantitative estimate of drug-likeness (QED) is 0.663. The van der Waals surface area contributed by atoms with Gasteiger partial charge in [-0.25, -0.2) is 8.42 Å². The summed E-state index contributed by atoms with van der Waals surface area (Å²) in [5.74, 6) is -0.0808. The van der Waals surface area contributed by atoms with E-state index < -0.39 is 10.0 Å². The van der Waals surface area contributed by atoms with Crippen molar-refractivity contribution in [1.29, 1.82) is 0 Å². The van der Waals surface area contributed by atoms with E-state index in [1.54, 1.807) is 49.4 Å². The van der Waals surface area contributed by atoms with Gasteiger partial charge in [0, 0.05) is 29.9 Å². The van der Waals surface area contributed by atoms with Gasteiger partial charge in [0.1, 0.15) is 10.6 Å². The SMILES string of the molecule is CCOc1ccc(NC(=O)/C=C/c2ccc(Cl)cc2)cc1S(=O)(=O)N1CCCC1. The van der Waals surface area contributed by atoms with E-state index in [1.807, 2.05) is 0 Å². The van der Waals surface area contributed by atoms with E-state index in [1.165, 1.54) is 16.4 Å². The molecule has 0 spiro atoms. The van der Waals surface area contributed by atoms with Gasteiger partial charge in [0.2, 0.25) is 15.9 Å². The van der Waals surface area contributed by atoms with Crippen LogP contribution in [-0.2, 0) is 14.8 Å². The molecule has 0 unspecified atom stereocenters. The Morgan fingerprint density at radius 1 is 1.17 bits per heavy atom. The van der Waals surface area contributed by atoms with E-state index in [0.717, 1.165) is 18.4 Å². The molecule has 0 radical (unpaired) electrons. The van der Waals surface area contributed by atoms with E-state index in [9.17, 15) is 13.2 Å². The molecule has 1 saturated heterocycles. The van der Waals surface area contributed by atoms with Crippen molar-refractivity contribution in [2.75, 3.05) is 25.0 Å². The van der Waals surface area contributed by atoms with Crippen LogP contribution in [0.15, 0.2) is 53.4 Å². The normalized spacial score (nSPS) is 15.0. The first-order valence-electron chi connectivity index (χ1n) is 9.42. The third kappa shape index (κ3) is 5.38. The number of ether oxygens (including phenoxy) is 1. The molecule has 0 atom stereocenters. The summed E-state index contributed by atoms with van der Waals surface area (Å²) < 4.78 is 33.0. The summed E-state index contributed by atoms with van der Waals surface area (Å²) in [6.45, 7) is 3.13. The first-order valence-corrected chi connectivity index (χ1v) is 11.2. The average Bonchev–Trinajstić information content (AvgIpc) is 3.25. The number of sulfonamides is 1. The second-order valence-corrected chi connectivity index (χ2v) is 8.92. The number of benzene rings is 2. The lowest BCUT2D eigenvalue weighted by atomic mass is 10.2. The Morgan fingerprint density at radius 3 is 2.52 bits per heavy atom. The molecule has 0 aromatic heterocycles. The van der Waals surface area contributed by atoms with E-state index in [-0.39, 0.29) is 16.6 Å². The molecule has 0 saturated carbocycles. The van der Waals surface area contributed by atoms with Gasteiger partial charge in [-0.1, -0.05) is 23.7 Å². The Balaban J connectivity index is 1.80. The lowest BCUT2D eigenvalue weighted by Crippen LogP contribution is -2.28. The number of halogens is 1. The molecule has 154 valence electrons. The van der Waals surface area contributed by atoms with Gasteiger partial charge in [-0.2, -0.15) is 4.31 Å². The third-order valence-electron chi connectivity index (χ3n) is 4.49. The van der Waals surface area contributed by atoms with Gasteiger partial charge in [-0.15, -0.1) is 0 Å². The van der Waals surface area contributed by atoms with Crippen LogP contribution in [-0.4, -0.2) is 38.3 Å². The molecule has 29 heavy (non-hydrogen) atoms. The number of nitrogens with one attached hydrogen (secondary N) is 1. The summed E-state index contributed by atoms with van der Waals surface area (Å²) >= 11 is 5.85. The predicted molar refractivity (Wildman–Crippen MR) is 115 cm³/mol. The summed E-state index contributed by atoms with van der Waals surface area (Å²) in [6, 6.07) is 11.7. The Morgan fingerprint density at radius 2 is 1.86 bits per heavy atom. The first-order chi connectivity index (χ1) is 13.9. The number of carbonyl (C=O) groups is 1. The second kappa shape index (κ2) is 9.43. The molecular formula is C21H23ClN2O4S. The molecule has 0 bridgehead atoms. The van der Waals surface area contributed by atoms with E-state index in [4.69, 9.17) is 16.3 Å². The van der Waals surface area contributed by atoms with Crippen LogP contribution in [0.4, 0.5) is 5.69 Å². The Bertz CT molecular complexity index is 998. The van der Waals surface area contributed by atoms with Crippen LogP contribution in [0.5, 0.6) is 5.75 Å². The van der Waals surface area contributed by atoms with Crippen molar-refractivity contribution in [1.82, 2.24) is 4.31 Å². The number of amides is 1. The van der Waals surface area contributed by atoms with Gasteiger partial charge in [0.25, 0.3) is 0 Å². The minimum Gasteiger partial charge on any atom is -0.492 e. The fraction of sp³-hybridized carbons (Fsp3) is 0.286. The highest BCUT2D eigenvalue weighted by atomic mass is 35.5. The number of hydrogen-bond donors (Lipinski definition) is 1. The van der Waals surface area contributed by atoms with Crippen LogP contribution < -0.4 is 10.1 Å². The zero-order valence-corrected chi connectivity index (χ0v) is 17.7. The summed E-state index contributed by atoms with van der Waals surface area (Å²) in [7, 11) is -3.68. The number of nitrogens with zero attached hydrogens (tertiary/aromatic N) is 1. The van der Waals surface area contributed by atoms with Crippen LogP contribution in [0.1, 0.15) is 25.3 Å². The zero-order valence-electron chi connectivity index (χ0n) is 16.1. The zero-order chi connectivity index (χ0) is 20.9. The molecule has 1 amide bonds. The van der Waals surface area contributed by atoms with Crippen LogP contribution in [0, 0.1) is 0 Å². The van der Waals surface area contributed by atoms with Crippen molar-refractivity contribution >= 4 is 39.3 Å². The highest BCUT2D eigenvalue weighted by molar-refractivity contribution is 7.89. The smallest absolute Gasteiger partial charge is 0.248 e. The minimum atomic E-state index is -3.68. The first kappa shape index (κ1) is 21.4. The monoisotopic (exact) mass is 434 g/mol. The largest absolute Gasteiger partial charge is 0.492 e. The fourth-order valence-corrected chi connectivity index (χ4v) is 4.86. The van der Waals surface area contributed by atoms with Crippen molar-refractivity contribution < 1.29 is 17.9 Å². The Kier molecular flexibility index (Phi) is 6.95. The highest BCUT2D eigenvalue weighted by Crippen LogP contribution is 2.31. The summed E-state index contributed by atoms with van der Waals surface area (Å²) in [6.07, 6.45) is 4.72. The predicted octanol–water partition coefficient (Wildman–Crippen LogP) is 4.18. The molecule has 3 rings (SSSR count). The molecule has 6 nitrogen and oxygen atoms in total. The second-order valence-electron chi connectivity index (χ2n) is 6.58. The third-order valence-corrected chi connectivity index (χ3v) is 6.66. The van der Waals surface area contributed by atoms with Gasteiger partial charge in [0.15, 0.2) is 0 Å². The summed E-state index contributed by atoms with van der Waals surface area (Å²) in [5.41, 5.74) is 1.21. The topological polar surface area (TPSA) is 75.7 Å². The molecular weight excluding hydrogens is 412 g/mol. The number of rotatable bonds is 7. The van der Waals surface area contributed by atoms with E-state index >= 15 is 0 Å². The number of anilines is 1. The van der Waals surface area contributed by atoms with Crippen molar-refractivity contribution in [3.63, 3.8) is 0 Å². The van der Waals surface area contributed by atoms with E-state index in [0.29, 0.717) is 30.4 Å². The van der Waals surface area contributed by atoms with Crippen LogP contribution >= 0.6 is 11.6 Å². The average molecular weight is 435 g/mol. The molecule has 1 aliphatic rings. The molecule has 8 heteroatoms. The van der Waals surface area contributed by atoms with Crippen molar-refractivity contribution in [2.24, 2.45) is 0 Å². The molecule has 2 aromatic carbocycles. The number of carbonyl (C=O) groups excluding carboxylic acids is 1. The maximum absolute atomic E-state index is 13.0. The Labute approximate surface area is 176 Å². The van der Waals surface area contributed by atoms with Crippen molar-refractivity contribution in [3.8, 4) is 5.75 Å². The van der Waals surface area contributed by atoms with Gasteiger partial charge >= 0.3 is 0 Å². The molecule has 1 fully saturated rings. The standard InChI is InChI=1S/C21H23ClN2O4S/c1-2-28-19-11-10-18(15-20(19)29(26,27)24-13-3-4-14-24)23-21(25)12-7-16-5-8-17(22)9-6-16/h5-12,15H,2-4,13-14H2,1H3,(H,23,25)/b12-7+. The summed E-state index contributed by atoms with van der Waals surface area (Å²) in [4.78, 5) is 12.3. The van der Waals surface area contributed by atoms with E-state index in [2.05, 4.69) is 5.32 Å². The molecule has 1 N–H and O–H groups in total.